The van der Waals surface area contributed by atoms with E-state index in [-0.39, 0.29) is 11.8 Å². The van der Waals surface area contributed by atoms with E-state index in [1.807, 2.05) is 0 Å². The summed E-state index contributed by atoms with van der Waals surface area (Å²) in [6.07, 6.45) is -2.59. The van der Waals surface area contributed by atoms with E-state index in [9.17, 15) is 18.0 Å². The molecule has 1 N–H and O–H groups in total. The molecule has 0 saturated heterocycles. The van der Waals surface area contributed by atoms with Gasteiger partial charge in [-0.05, 0) is 11.6 Å². The number of aromatic nitrogens is 3. The minimum atomic E-state index is -4.37. The van der Waals surface area contributed by atoms with E-state index in [2.05, 4.69) is 10.2 Å². The number of nitrogens with one attached hydrogen (secondary N) is 1. The zero-order valence-corrected chi connectivity index (χ0v) is 10.7. The van der Waals surface area contributed by atoms with Crippen LogP contribution in [0.1, 0.15) is 17.0 Å². The second kappa shape index (κ2) is 4.76. The third-order valence-corrected chi connectivity index (χ3v) is 3.12. The molecular formula is C14H10F3N3O. The summed E-state index contributed by atoms with van der Waals surface area (Å²) in [6, 6.07) is 7.86. The highest BCUT2D eigenvalue weighted by Gasteiger charge is 2.30. The first-order chi connectivity index (χ1) is 9.93. The number of rotatable bonds is 2. The molecule has 2 aromatic heterocycles. The van der Waals surface area contributed by atoms with Gasteiger partial charge in [0, 0.05) is 24.8 Å². The van der Waals surface area contributed by atoms with Crippen LogP contribution in [0, 0.1) is 0 Å². The quantitative estimate of drug-likeness (QED) is 0.789. The molecule has 7 heteroatoms. The summed E-state index contributed by atoms with van der Waals surface area (Å²) in [5.74, 6) is 0.532. The highest BCUT2D eigenvalue weighted by Crippen LogP contribution is 2.29. The van der Waals surface area contributed by atoms with E-state index in [1.54, 1.807) is 16.7 Å². The monoisotopic (exact) mass is 293 g/mol. The molecule has 4 nitrogen and oxygen atoms in total. The van der Waals surface area contributed by atoms with E-state index in [1.165, 1.54) is 18.2 Å². The van der Waals surface area contributed by atoms with Gasteiger partial charge in [-0.15, -0.1) is 0 Å². The molecule has 0 fully saturated rings. The average molecular weight is 293 g/mol. The van der Waals surface area contributed by atoms with Gasteiger partial charge in [0.05, 0.1) is 5.56 Å². The van der Waals surface area contributed by atoms with E-state index in [4.69, 9.17) is 0 Å². The third kappa shape index (κ3) is 2.67. The Balaban J connectivity index is 1.97. The van der Waals surface area contributed by atoms with Crippen LogP contribution in [0.3, 0.4) is 0 Å². The molecule has 0 atom stereocenters. The summed E-state index contributed by atoms with van der Waals surface area (Å²) < 4.78 is 39.7. The van der Waals surface area contributed by atoms with Crippen molar-refractivity contribution in [3.63, 3.8) is 0 Å². The van der Waals surface area contributed by atoms with Crippen LogP contribution >= 0.6 is 0 Å². The molecule has 0 saturated carbocycles. The lowest BCUT2D eigenvalue weighted by atomic mass is 10.1. The van der Waals surface area contributed by atoms with Gasteiger partial charge in [-0.3, -0.25) is 14.3 Å². The maximum absolute atomic E-state index is 12.7. The molecule has 21 heavy (non-hydrogen) atoms. The number of nitrogens with zero attached hydrogens (tertiary/aromatic N) is 2. The molecule has 0 aliphatic heterocycles. The van der Waals surface area contributed by atoms with Gasteiger partial charge in [0.1, 0.15) is 11.5 Å². The van der Waals surface area contributed by atoms with Crippen molar-refractivity contribution >= 4 is 5.65 Å². The normalized spacial score (nSPS) is 12.0. The Labute approximate surface area is 116 Å². The van der Waals surface area contributed by atoms with Crippen molar-refractivity contribution in [2.75, 3.05) is 0 Å². The summed E-state index contributed by atoms with van der Waals surface area (Å²) in [5.41, 5.74) is 0.150. The standard InChI is InChI=1S/C14H10F3N3O/c15-14(16,17)10-3-1-2-9(6-10)7-12-18-19-13-8-11(21)4-5-20(12)13/h1-6,8,19H,7H2. The van der Waals surface area contributed by atoms with Gasteiger partial charge >= 0.3 is 6.18 Å². The topological polar surface area (TPSA) is 50.2 Å². The predicted molar refractivity (Wildman–Crippen MR) is 70.1 cm³/mol. The molecule has 0 radical (unpaired) electrons. The highest BCUT2D eigenvalue weighted by atomic mass is 19.4. The summed E-state index contributed by atoms with van der Waals surface area (Å²) in [4.78, 5) is 11.2. The Kier molecular flexibility index (Phi) is 3.04. The van der Waals surface area contributed by atoms with Crippen molar-refractivity contribution in [3.8, 4) is 0 Å². The molecule has 1 aromatic carbocycles. The molecule has 3 aromatic rings. The van der Waals surface area contributed by atoms with E-state index in [0.717, 1.165) is 12.1 Å². The van der Waals surface area contributed by atoms with Crippen LogP contribution in [-0.4, -0.2) is 14.6 Å². The minimum Gasteiger partial charge on any atom is -0.290 e. The smallest absolute Gasteiger partial charge is 0.290 e. The zero-order chi connectivity index (χ0) is 15.0. The van der Waals surface area contributed by atoms with Gasteiger partial charge in [-0.2, -0.15) is 18.3 Å². The van der Waals surface area contributed by atoms with Crippen LogP contribution in [0.4, 0.5) is 13.2 Å². The number of hydrogen-bond acceptors (Lipinski definition) is 2. The van der Waals surface area contributed by atoms with E-state index < -0.39 is 11.7 Å². The lowest BCUT2D eigenvalue weighted by Crippen LogP contribution is -2.06. The van der Waals surface area contributed by atoms with Crippen molar-refractivity contribution < 1.29 is 13.2 Å². The predicted octanol–water partition coefficient (Wildman–Crippen LogP) is 2.63. The number of fused-ring (bicyclic) bond motifs is 1. The van der Waals surface area contributed by atoms with Crippen molar-refractivity contribution in [3.05, 3.63) is 69.8 Å². The second-order valence-electron chi connectivity index (χ2n) is 4.63. The molecule has 2 heterocycles. The minimum absolute atomic E-state index is 0.163. The van der Waals surface area contributed by atoms with Crippen LogP contribution < -0.4 is 5.43 Å². The van der Waals surface area contributed by atoms with Gasteiger partial charge in [0.15, 0.2) is 5.43 Å². The molecule has 0 bridgehead atoms. The first-order valence-electron chi connectivity index (χ1n) is 6.15. The van der Waals surface area contributed by atoms with Crippen molar-refractivity contribution in [1.29, 1.82) is 0 Å². The fourth-order valence-corrected chi connectivity index (χ4v) is 2.13. The number of benzene rings is 1. The lowest BCUT2D eigenvalue weighted by molar-refractivity contribution is -0.137. The third-order valence-electron chi connectivity index (χ3n) is 3.12. The Morgan fingerprint density at radius 2 is 2.00 bits per heavy atom. The Hall–Kier alpha value is -2.57. The maximum atomic E-state index is 12.7. The van der Waals surface area contributed by atoms with Gasteiger partial charge in [-0.1, -0.05) is 18.2 Å². The Bertz CT molecular complexity index is 848. The molecular weight excluding hydrogens is 283 g/mol. The van der Waals surface area contributed by atoms with Crippen LogP contribution in [0.25, 0.3) is 5.65 Å². The van der Waals surface area contributed by atoms with Crippen molar-refractivity contribution in [2.24, 2.45) is 0 Å². The number of halogens is 3. The Morgan fingerprint density at radius 1 is 1.19 bits per heavy atom. The molecule has 0 aliphatic rings. The molecule has 3 rings (SSSR count). The maximum Gasteiger partial charge on any atom is 0.416 e. The lowest BCUT2D eigenvalue weighted by Gasteiger charge is -2.08. The summed E-state index contributed by atoms with van der Waals surface area (Å²) >= 11 is 0. The number of aromatic amines is 1. The zero-order valence-electron chi connectivity index (χ0n) is 10.7. The molecule has 108 valence electrons. The number of pyridine rings is 1. The summed E-state index contributed by atoms with van der Waals surface area (Å²) in [6.45, 7) is 0. The first-order valence-corrected chi connectivity index (χ1v) is 6.15. The van der Waals surface area contributed by atoms with E-state index in [0.29, 0.717) is 17.0 Å². The largest absolute Gasteiger partial charge is 0.416 e. The number of H-pyrrole nitrogens is 1. The van der Waals surface area contributed by atoms with Crippen molar-refractivity contribution in [1.82, 2.24) is 14.6 Å². The average Bonchev–Trinajstić information content (AvgIpc) is 2.80. The highest BCUT2D eigenvalue weighted by molar-refractivity contribution is 5.38. The molecule has 0 aliphatic carbocycles. The molecule has 0 amide bonds. The molecule has 0 unspecified atom stereocenters. The number of hydrogen-bond donors (Lipinski definition) is 1. The van der Waals surface area contributed by atoms with Crippen molar-refractivity contribution in [2.45, 2.75) is 12.6 Å². The van der Waals surface area contributed by atoms with Gasteiger partial charge in [0.2, 0.25) is 0 Å². The summed E-state index contributed by atoms with van der Waals surface area (Å²) in [5, 5.41) is 6.73. The van der Waals surface area contributed by atoms with Crippen LogP contribution in [0.15, 0.2) is 47.4 Å². The van der Waals surface area contributed by atoms with Gasteiger partial charge in [-0.25, -0.2) is 0 Å². The van der Waals surface area contributed by atoms with Gasteiger partial charge in [0.25, 0.3) is 0 Å². The van der Waals surface area contributed by atoms with Crippen LogP contribution in [0.5, 0.6) is 0 Å². The molecule has 0 spiro atoms. The van der Waals surface area contributed by atoms with E-state index >= 15 is 0 Å². The van der Waals surface area contributed by atoms with Crippen LogP contribution in [-0.2, 0) is 12.6 Å². The Morgan fingerprint density at radius 3 is 2.76 bits per heavy atom. The fourth-order valence-electron chi connectivity index (χ4n) is 2.13. The second-order valence-corrected chi connectivity index (χ2v) is 4.63. The summed E-state index contributed by atoms with van der Waals surface area (Å²) in [7, 11) is 0. The number of alkyl halides is 3. The SMILES string of the molecule is O=c1ccn2c(Cc3cccc(C(F)(F)F)c3)n[nH]c2c1. The van der Waals surface area contributed by atoms with Crippen LogP contribution in [0.2, 0.25) is 0 Å². The fraction of sp³-hybridized carbons (Fsp3) is 0.143. The first kappa shape index (κ1) is 13.4. The van der Waals surface area contributed by atoms with Gasteiger partial charge < -0.3 is 0 Å².